The minimum atomic E-state index is -1.10. The number of aliphatic hydroxyl groups excluding tert-OH is 1. The zero-order valence-electron chi connectivity index (χ0n) is 61.9. The molecule has 28 nitrogen and oxygen atoms in total. The number of nitrogens with zero attached hydrogens (tertiary/aromatic N) is 4. The van der Waals surface area contributed by atoms with Crippen LogP contribution in [0.15, 0.2) is 54.6 Å². The number of thioether (sulfide) groups is 1. The average Bonchev–Trinajstić information content (AvgIpc) is 1.78. The number of nitrogens with one attached hydrogen (secondary N) is 7. The molecule has 2 aliphatic heterocycles. The SMILES string of the molecule is CC[C@H](C)[C@@H]([C@@H](CC(=O)N1CCC[C@H]1[C@H](OC)[C@@H](C)C(=O)N[C@H](C)[C@@H](O)c1ccccc1)OC)N(C)C(=O)[C@@H](NC(=O)[C@H](C(C)C)N(C)OCc1ccc(NC(=O)[C@H](CCCNC(N)=O)NC(=O)[C@@H](NC(=O)CCCCCN2C(=O)CC(SCCNC(=O)CCN)C2=O)C(C)C)cc1)C(C)C. The second-order valence-electron chi connectivity index (χ2n) is 27.6. The number of urea groups is 1. The van der Waals surface area contributed by atoms with Crippen LogP contribution in [0.25, 0.3) is 0 Å². The highest BCUT2D eigenvalue weighted by molar-refractivity contribution is 8.00. The highest BCUT2D eigenvalue weighted by Crippen LogP contribution is 2.31. The molecular formula is C72H117N13O15S. The number of likely N-dealkylation sites (tertiary alicyclic amines) is 2. The van der Waals surface area contributed by atoms with Gasteiger partial charge in [-0.15, -0.1) is 11.8 Å². The van der Waals surface area contributed by atoms with Gasteiger partial charge in [-0.2, -0.15) is 5.06 Å². The summed E-state index contributed by atoms with van der Waals surface area (Å²) in [6.45, 7) is 19.8. The number of hydroxylamine groups is 2. The van der Waals surface area contributed by atoms with Crippen molar-refractivity contribution >= 4 is 82.6 Å². The van der Waals surface area contributed by atoms with E-state index in [1.807, 2.05) is 59.7 Å². The van der Waals surface area contributed by atoms with Crippen LogP contribution >= 0.6 is 11.8 Å². The molecule has 0 aliphatic carbocycles. The number of imide groups is 1. The Kier molecular flexibility index (Phi) is 37.2. The van der Waals surface area contributed by atoms with Gasteiger partial charge in [0.25, 0.3) is 0 Å². The van der Waals surface area contributed by atoms with Crippen LogP contribution in [0.2, 0.25) is 0 Å². The maximum atomic E-state index is 14.9. The number of unbranched alkanes of at least 4 members (excludes halogenated alkanes) is 2. The van der Waals surface area contributed by atoms with Gasteiger partial charge >= 0.3 is 6.03 Å². The largest absolute Gasteiger partial charge is 0.386 e. The minimum absolute atomic E-state index is 0.0120. The zero-order valence-corrected chi connectivity index (χ0v) is 62.7. The van der Waals surface area contributed by atoms with E-state index in [1.165, 1.54) is 35.9 Å². The van der Waals surface area contributed by atoms with E-state index in [1.54, 1.807) is 88.0 Å². The zero-order chi connectivity index (χ0) is 75.2. The summed E-state index contributed by atoms with van der Waals surface area (Å²) in [7, 11) is 6.35. The Labute approximate surface area is 601 Å². The van der Waals surface area contributed by atoms with E-state index >= 15 is 0 Å². The van der Waals surface area contributed by atoms with E-state index in [2.05, 4.69) is 37.2 Å². The van der Waals surface area contributed by atoms with Crippen molar-refractivity contribution in [2.24, 2.45) is 41.1 Å². The standard InChI is InChI=1S/C72H117N13O15S/c1-15-46(8)63(54(98-13)40-58(88)84-38-23-27-53(84)65(99-14)47(9)66(91)77-48(10)64(90)50-24-18-16-19-25-50)82(11)71(96)61(44(4)5)81-69(94)62(45(6)7)83(12)100-42-49-29-31-51(32-30-49)78-67(92)52(26-22-35-76-72(74)97)79-68(93)60(43(2)3)80-57(87)28-20-17-21-37-85-59(89)41-55(70(85)95)101-39-36-75-56(86)33-34-73/h16,18-19,24-25,29-32,43-48,52-55,60-65,90H,15,17,20-23,26-28,33-42,73H2,1-14H3,(H,75,86)(H,77,91)(H,78,92)(H,79,93)(H,80,87)(H,81,94)(H3,74,76,97)/t46-,47+,48+,52-,53-,54+,55?,60-,61-,62-,63-,64+,65+/m0/s1. The van der Waals surface area contributed by atoms with Gasteiger partial charge in [0.05, 0.1) is 60.6 Å². The highest BCUT2D eigenvalue weighted by Gasteiger charge is 2.44. The Bertz CT molecular complexity index is 3000. The van der Waals surface area contributed by atoms with Gasteiger partial charge in [0.15, 0.2) is 0 Å². The second kappa shape index (κ2) is 43.6. The van der Waals surface area contributed by atoms with E-state index in [0.29, 0.717) is 74.2 Å². The Hall–Kier alpha value is -7.28. The molecule has 0 bridgehead atoms. The lowest BCUT2D eigenvalue weighted by molar-refractivity contribution is -0.192. The maximum Gasteiger partial charge on any atom is 0.312 e. The van der Waals surface area contributed by atoms with Crippen LogP contribution in [0.4, 0.5) is 10.5 Å². The summed E-state index contributed by atoms with van der Waals surface area (Å²) >= 11 is 1.32. The predicted molar refractivity (Wildman–Crippen MR) is 386 cm³/mol. The number of methoxy groups -OCH3 is 2. The van der Waals surface area contributed by atoms with Crippen molar-refractivity contribution in [1.29, 1.82) is 0 Å². The third kappa shape index (κ3) is 26.8. The fraction of sp³-hybridized carbons (Fsp3) is 0.681. The van der Waals surface area contributed by atoms with Crippen LogP contribution in [0.5, 0.6) is 0 Å². The van der Waals surface area contributed by atoms with Crippen LogP contribution in [-0.4, -0.2) is 217 Å². The van der Waals surface area contributed by atoms with Gasteiger partial charge in [-0.1, -0.05) is 118 Å². The first-order chi connectivity index (χ1) is 47.9. The summed E-state index contributed by atoms with van der Waals surface area (Å²) in [5.41, 5.74) is 12.4. The third-order valence-corrected chi connectivity index (χ3v) is 20.1. The number of primary amides is 1. The summed E-state index contributed by atoms with van der Waals surface area (Å²) in [6, 6.07) is 9.51. The fourth-order valence-electron chi connectivity index (χ4n) is 12.9. The van der Waals surface area contributed by atoms with Crippen molar-refractivity contribution in [3.63, 3.8) is 0 Å². The van der Waals surface area contributed by atoms with Crippen LogP contribution in [0.1, 0.15) is 164 Å². The molecule has 0 spiro atoms. The summed E-state index contributed by atoms with van der Waals surface area (Å²) < 4.78 is 12.1. The monoisotopic (exact) mass is 1440 g/mol. The molecule has 2 heterocycles. The smallest absolute Gasteiger partial charge is 0.312 e. The van der Waals surface area contributed by atoms with Crippen LogP contribution in [0, 0.1) is 29.6 Å². The van der Waals surface area contributed by atoms with E-state index in [-0.39, 0.29) is 124 Å². The number of benzene rings is 2. The van der Waals surface area contributed by atoms with Crippen LogP contribution in [0.3, 0.4) is 0 Å². The molecule has 0 aromatic heterocycles. The van der Waals surface area contributed by atoms with Crippen LogP contribution < -0.4 is 48.7 Å². The van der Waals surface area contributed by atoms with Gasteiger partial charge in [0.1, 0.15) is 24.2 Å². The predicted octanol–water partition coefficient (Wildman–Crippen LogP) is 4.27. The number of likely N-dealkylation sites (N-methyl/N-ethyl adjacent to an activating group) is 2. The number of carbonyl (C=O) groups is 11. The van der Waals surface area contributed by atoms with Gasteiger partial charge in [0.2, 0.25) is 59.1 Å². The van der Waals surface area contributed by atoms with Crippen molar-refractivity contribution in [1.82, 2.24) is 51.7 Å². The molecule has 101 heavy (non-hydrogen) atoms. The topological polar surface area (TPSA) is 385 Å². The van der Waals surface area contributed by atoms with E-state index in [4.69, 9.17) is 25.8 Å². The Morgan fingerprint density at radius 2 is 1.41 bits per heavy atom. The number of ether oxygens (including phenoxy) is 2. The molecule has 2 saturated heterocycles. The Morgan fingerprint density at radius 3 is 2.01 bits per heavy atom. The molecular weight excluding hydrogens is 1320 g/mol. The quantitative estimate of drug-likeness (QED) is 0.0251. The first-order valence-corrected chi connectivity index (χ1v) is 36.7. The van der Waals surface area contributed by atoms with Crippen molar-refractivity contribution in [3.05, 3.63) is 65.7 Å². The van der Waals surface area contributed by atoms with Gasteiger partial charge in [0, 0.05) is 91.7 Å². The van der Waals surface area contributed by atoms with Crippen LogP contribution in [-0.2, 0) is 68.9 Å². The van der Waals surface area contributed by atoms with Crippen molar-refractivity contribution < 1.29 is 72.2 Å². The molecule has 13 atom stereocenters. The lowest BCUT2D eigenvalue weighted by Crippen LogP contribution is -2.60. The van der Waals surface area contributed by atoms with Crippen molar-refractivity contribution in [2.75, 3.05) is 72.1 Å². The number of nitrogens with two attached hydrogens (primary N) is 2. The normalized spacial score (nSPS) is 18.0. The van der Waals surface area contributed by atoms with Gasteiger partial charge in [-0.25, -0.2) is 4.79 Å². The molecule has 29 heteroatoms. The highest BCUT2D eigenvalue weighted by atomic mass is 32.2. The molecule has 2 fully saturated rings. The van der Waals surface area contributed by atoms with Crippen molar-refractivity contribution in [2.45, 2.75) is 219 Å². The molecule has 1 unspecified atom stereocenters. The maximum absolute atomic E-state index is 14.9. The van der Waals surface area contributed by atoms with Crippen molar-refractivity contribution in [3.8, 4) is 0 Å². The van der Waals surface area contributed by atoms with E-state index in [0.717, 1.165) is 0 Å². The number of anilines is 1. The average molecular weight is 1440 g/mol. The summed E-state index contributed by atoms with van der Waals surface area (Å²) in [5.74, 6) is -5.00. The number of aliphatic hydroxyl groups is 1. The second-order valence-corrected chi connectivity index (χ2v) is 28.9. The molecule has 2 aromatic rings. The summed E-state index contributed by atoms with van der Waals surface area (Å²) in [4.78, 5) is 158. The first-order valence-electron chi connectivity index (χ1n) is 35.7. The summed E-state index contributed by atoms with van der Waals surface area (Å²) in [5, 5.41) is 31.6. The Morgan fingerprint density at radius 1 is 0.733 bits per heavy atom. The number of carbonyl (C=O) groups excluding carboxylic acids is 11. The molecule has 2 aliphatic rings. The van der Waals surface area contributed by atoms with E-state index in [9.17, 15) is 57.8 Å². The van der Waals surface area contributed by atoms with Gasteiger partial charge < -0.3 is 73.1 Å². The van der Waals surface area contributed by atoms with Gasteiger partial charge in [-0.05, 0) is 92.4 Å². The number of rotatable bonds is 45. The molecule has 0 saturated carbocycles. The molecule has 12 N–H and O–H groups in total. The number of hydrogen-bond donors (Lipinski definition) is 10. The molecule has 2 aromatic carbocycles. The summed E-state index contributed by atoms with van der Waals surface area (Å²) in [6.07, 6.45) is 1.68. The molecule has 12 amide bonds. The lowest BCUT2D eigenvalue weighted by Gasteiger charge is -2.41. The molecule has 0 radical (unpaired) electrons. The minimum Gasteiger partial charge on any atom is -0.386 e. The van der Waals surface area contributed by atoms with Gasteiger partial charge in [-0.3, -0.25) is 57.7 Å². The Balaban J connectivity index is 1.34. The number of amides is 12. The fourth-order valence-corrected chi connectivity index (χ4v) is 13.9. The number of hydrogen-bond acceptors (Lipinski definition) is 18. The third-order valence-electron chi connectivity index (χ3n) is 18.9. The first kappa shape index (κ1) is 86.1. The van der Waals surface area contributed by atoms with E-state index < -0.39 is 101 Å². The molecule has 566 valence electrons. The lowest BCUT2D eigenvalue weighted by atomic mass is 9.89. The molecule has 4 rings (SSSR count).